The summed E-state index contributed by atoms with van der Waals surface area (Å²) >= 11 is 1.12. The number of carbonyl (C=O) groups excluding carboxylic acids is 3. The van der Waals surface area contributed by atoms with E-state index in [0.29, 0.717) is 33.3 Å². The summed E-state index contributed by atoms with van der Waals surface area (Å²) in [5, 5.41) is 5.83. The third-order valence-corrected chi connectivity index (χ3v) is 6.94. The molecule has 0 saturated heterocycles. The maximum absolute atomic E-state index is 13.5. The number of imide groups is 1. The van der Waals surface area contributed by atoms with Gasteiger partial charge in [0.05, 0.1) is 12.8 Å². The normalized spacial score (nSPS) is 13.0. The van der Waals surface area contributed by atoms with Gasteiger partial charge in [-0.2, -0.15) is 0 Å². The van der Waals surface area contributed by atoms with Crippen LogP contribution in [-0.4, -0.2) is 24.8 Å². The van der Waals surface area contributed by atoms with Crippen LogP contribution < -0.4 is 20.3 Å². The Kier molecular flexibility index (Phi) is 7.42. The summed E-state index contributed by atoms with van der Waals surface area (Å²) in [6, 6.07) is 27.9. The molecular weight excluding hydrogens is 517 g/mol. The molecule has 0 aromatic heterocycles. The predicted molar refractivity (Wildman–Crippen MR) is 149 cm³/mol. The summed E-state index contributed by atoms with van der Waals surface area (Å²) in [5.41, 5.74) is 2.04. The molecule has 1 aliphatic heterocycles. The first kappa shape index (κ1) is 25.7. The number of hydrogen-bond donors (Lipinski definition) is 2. The number of methoxy groups -OCH3 is 1. The van der Waals surface area contributed by atoms with E-state index >= 15 is 0 Å². The molecule has 0 spiro atoms. The summed E-state index contributed by atoms with van der Waals surface area (Å²) in [6.45, 7) is 0. The van der Waals surface area contributed by atoms with Crippen molar-refractivity contribution in [2.75, 3.05) is 22.6 Å². The Hall–Kier alpha value is -4.89. The average molecular weight is 540 g/mol. The van der Waals surface area contributed by atoms with Gasteiger partial charge in [0.25, 0.3) is 17.7 Å². The first-order chi connectivity index (χ1) is 18.9. The lowest BCUT2D eigenvalue weighted by Gasteiger charge is -2.15. The van der Waals surface area contributed by atoms with Crippen molar-refractivity contribution in [3.05, 3.63) is 125 Å². The number of hydrogen-bond acceptors (Lipinski definition) is 6. The fourth-order valence-corrected chi connectivity index (χ4v) is 4.80. The summed E-state index contributed by atoms with van der Waals surface area (Å²) in [7, 11) is 1.53. The van der Waals surface area contributed by atoms with Crippen LogP contribution in [0.3, 0.4) is 0 Å². The molecule has 1 aliphatic rings. The van der Waals surface area contributed by atoms with Gasteiger partial charge >= 0.3 is 0 Å². The van der Waals surface area contributed by atoms with Crippen molar-refractivity contribution in [1.82, 2.24) is 0 Å². The number of anilines is 3. The van der Waals surface area contributed by atoms with Crippen molar-refractivity contribution in [3.63, 3.8) is 0 Å². The predicted octanol–water partition coefficient (Wildman–Crippen LogP) is 6.08. The first-order valence-corrected chi connectivity index (χ1v) is 12.7. The molecule has 4 aromatic rings. The molecule has 194 valence electrons. The third-order valence-electron chi connectivity index (χ3n) is 5.85. The molecule has 2 N–H and O–H groups in total. The van der Waals surface area contributed by atoms with Crippen LogP contribution in [0.4, 0.5) is 21.5 Å². The van der Waals surface area contributed by atoms with Gasteiger partial charge in [-0.05, 0) is 84.9 Å². The Bertz CT molecular complexity index is 1560. The zero-order valence-corrected chi connectivity index (χ0v) is 21.5. The largest absolute Gasteiger partial charge is 0.497 e. The van der Waals surface area contributed by atoms with Gasteiger partial charge in [0.1, 0.15) is 22.2 Å². The van der Waals surface area contributed by atoms with E-state index in [-0.39, 0.29) is 16.5 Å². The highest BCUT2D eigenvalue weighted by atomic mass is 32.2. The molecular formula is C30H22FN3O4S. The van der Waals surface area contributed by atoms with Crippen molar-refractivity contribution >= 4 is 46.5 Å². The SMILES string of the molecule is COc1ccc(N2C(=O)C(Nc3ccc(F)cc3)=C(Sc3ccc(NC(=O)c4ccccc4)cc3)C2=O)cc1. The molecule has 0 saturated carbocycles. The molecule has 0 atom stereocenters. The van der Waals surface area contributed by atoms with Gasteiger partial charge in [0.2, 0.25) is 0 Å². The molecule has 39 heavy (non-hydrogen) atoms. The first-order valence-electron chi connectivity index (χ1n) is 11.9. The van der Waals surface area contributed by atoms with E-state index in [2.05, 4.69) is 10.6 Å². The van der Waals surface area contributed by atoms with Gasteiger partial charge in [0.15, 0.2) is 0 Å². The minimum absolute atomic E-state index is 0.0777. The topological polar surface area (TPSA) is 87.7 Å². The number of nitrogens with zero attached hydrogens (tertiary/aromatic N) is 1. The fourth-order valence-electron chi connectivity index (χ4n) is 3.87. The Morgan fingerprint density at radius 2 is 1.44 bits per heavy atom. The highest BCUT2D eigenvalue weighted by molar-refractivity contribution is 8.04. The quantitative estimate of drug-likeness (QED) is 0.264. The van der Waals surface area contributed by atoms with Crippen LogP contribution in [0.2, 0.25) is 0 Å². The van der Waals surface area contributed by atoms with Gasteiger partial charge in [-0.15, -0.1) is 0 Å². The van der Waals surface area contributed by atoms with Gasteiger partial charge in [-0.1, -0.05) is 30.0 Å². The van der Waals surface area contributed by atoms with Crippen LogP contribution in [0, 0.1) is 5.82 Å². The van der Waals surface area contributed by atoms with Crippen molar-refractivity contribution < 1.29 is 23.5 Å². The van der Waals surface area contributed by atoms with Crippen molar-refractivity contribution in [2.24, 2.45) is 0 Å². The van der Waals surface area contributed by atoms with E-state index in [1.807, 2.05) is 6.07 Å². The number of benzene rings is 4. The fraction of sp³-hybridized carbons (Fsp3) is 0.0333. The molecule has 7 nitrogen and oxygen atoms in total. The zero-order valence-electron chi connectivity index (χ0n) is 20.7. The number of halogens is 1. The monoisotopic (exact) mass is 539 g/mol. The number of carbonyl (C=O) groups is 3. The maximum atomic E-state index is 13.5. The summed E-state index contributed by atoms with van der Waals surface area (Å²) in [4.78, 5) is 41.4. The Morgan fingerprint density at radius 3 is 2.08 bits per heavy atom. The average Bonchev–Trinajstić information content (AvgIpc) is 3.19. The lowest BCUT2D eigenvalue weighted by atomic mass is 10.2. The molecule has 5 rings (SSSR count). The van der Waals surface area contributed by atoms with Gasteiger partial charge in [-0.3, -0.25) is 14.4 Å². The van der Waals surface area contributed by atoms with E-state index in [1.165, 1.54) is 31.4 Å². The number of thioether (sulfide) groups is 1. The van der Waals surface area contributed by atoms with Gasteiger partial charge in [-0.25, -0.2) is 9.29 Å². The van der Waals surface area contributed by atoms with Crippen LogP contribution in [0.25, 0.3) is 0 Å². The molecule has 0 fully saturated rings. The molecule has 0 aliphatic carbocycles. The van der Waals surface area contributed by atoms with Crippen LogP contribution in [0.1, 0.15) is 10.4 Å². The van der Waals surface area contributed by atoms with Crippen molar-refractivity contribution in [3.8, 4) is 5.75 Å². The summed E-state index contributed by atoms with van der Waals surface area (Å²) in [6.07, 6.45) is 0. The maximum Gasteiger partial charge on any atom is 0.283 e. The lowest BCUT2D eigenvalue weighted by Crippen LogP contribution is -2.32. The molecule has 4 aromatic carbocycles. The number of nitrogens with one attached hydrogen (secondary N) is 2. The second kappa shape index (κ2) is 11.2. The highest BCUT2D eigenvalue weighted by Gasteiger charge is 2.40. The molecule has 0 radical (unpaired) electrons. The second-order valence-electron chi connectivity index (χ2n) is 8.43. The number of rotatable bonds is 8. The standard InChI is InChI=1S/C30H22FN3O4S/c1-38-24-15-13-23(14-16-24)34-29(36)26(32-21-9-7-20(31)8-10-21)27(30(34)37)39-25-17-11-22(12-18-25)33-28(35)19-5-3-2-4-6-19/h2-18,32H,1H3,(H,33,35). The van der Waals surface area contributed by atoms with Crippen LogP contribution >= 0.6 is 11.8 Å². The molecule has 3 amide bonds. The number of amides is 3. The van der Waals surface area contributed by atoms with E-state index in [0.717, 1.165) is 16.7 Å². The molecule has 0 bridgehead atoms. The minimum atomic E-state index is -0.538. The highest BCUT2D eigenvalue weighted by Crippen LogP contribution is 2.38. The van der Waals surface area contributed by atoms with Gasteiger partial charge in [0, 0.05) is 21.8 Å². The van der Waals surface area contributed by atoms with Crippen LogP contribution in [0.5, 0.6) is 5.75 Å². The lowest BCUT2D eigenvalue weighted by molar-refractivity contribution is -0.120. The molecule has 9 heteroatoms. The zero-order chi connectivity index (χ0) is 27.4. The second-order valence-corrected chi connectivity index (χ2v) is 9.51. The minimum Gasteiger partial charge on any atom is -0.497 e. The summed E-state index contributed by atoms with van der Waals surface area (Å²) in [5.74, 6) is -1.11. The molecule has 0 unspecified atom stereocenters. The van der Waals surface area contributed by atoms with Crippen molar-refractivity contribution in [1.29, 1.82) is 0 Å². The Labute approximate surface area is 228 Å². The van der Waals surface area contributed by atoms with Gasteiger partial charge < -0.3 is 15.4 Å². The number of ether oxygens (including phenoxy) is 1. The smallest absolute Gasteiger partial charge is 0.283 e. The molecule has 1 heterocycles. The summed E-state index contributed by atoms with van der Waals surface area (Å²) < 4.78 is 18.6. The Morgan fingerprint density at radius 1 is 0.795 bits per heavy atom. The van der Waals surface area contributed by atoms with E-state index < -0.39 is 17.6 Å². The Balaban J connectivity index is 1.41. The van der Waals surface area contributed by atoms with Crippen LogP contribution in [-0.2, 0) is 9.59 Å². The van der Waals surface area contributed by atoms with E-state index in [9.17, 15) is 18.8 Å². The van der Waals surface area contributed by atoms with Crippen molar-refractivity contribution in [2.45, 2.75) is 4.90 Å². The van der Waals surface area contributed by atoms with Crippen LogP contribution in [0.15, 0.2) is 119 Å². The van der Waals surface area contributed by atoms with E-state index in [4.69, 9.17) is 4.74 Å². The van der Waals surface area contributed by atoms with E-state index in [1.54, 1.807) is 72.8 Å². The third kappa shape index (κ3) is 5.68.